The smallest absolute Gasteiger partial charge is 0.199 e. The predicted molar refractivity (Wildman–Crippen MR) is 58.8 cm³/mol. The van der Waals surface area contributed by atoms with Gasteiger partial charge in [-0.1, -0.05) is 6.07 Å². The van der Waals surface area contributed by atoms with E-state index in [0.29, 0.717) is 5.56 Å². The molecule has 0 unspecified atom stereocenters. The van der Waals surface area contributed by atoms with Crippen LogP contribution in [0.15, 0.2) is 29.6 Å². The minimum absolute atomic E-state index is 0.325. The predicted octanol–water partition coefficient (Wildman–Crippen LogP) is 3.57. The molecule has 4 heteroatoms. The molecule has 0 saturated carbocycles. The molecule has 2 aromatic rings. The number of hydrogen-bond donors (Lipinski definition) is 0. The zero-order valence-electron chi connectivity index (χ0n) is 8.46. The van der Waals surface area contributed by atoms with E-state index < -0.39 is 23.0 Å². The van der Waals surface area contributed by atoms with Gasteiger partial charge in [0.25, 0.3) is 0 Å². The van der Waals surface area contributed by atoms with Crippen molar-refractivity contribution in [1.82, 2.24) is 0 Å². The molecule has 0 amide bonds. The van der Waals surface area contributed by atoms with Crippen molar-refractivity contribution >= 4 is 17.1 Å². The van der Waals surface area contributed by atoms with Gasteiger partial charge in [-0.3, -0.25) is 4.79 Å². The summed E-state index contributed by atoms with van der Waals surface area (Å²) in [5.41, 5.74) is -0.160. The van der Waals surface area contributed by atoms with E-state index in [1.54, 1.807) is 11.4 Å². The third-order valence-corrected chi connectivity index (χ3v) is 3.04. The van der Waals surface area contributed by atoms with Crippen molar-refractivity contribution in [2.45, 2.75) is 6.92 Å². The number of thiophene rings is 1. The highest BCUT2D eigenvalue weighted by Gasteiger charge is 2.19. The van der Waals surface area contributed by atoms with Crippen molar-refractivity contribution in [3.05, 3.63) is 57.3 Å². The molecule has 16 heavy (non-hydrogen) atoms. The van der Waals surface area contributed by atoms with Gasteiger partial charge >= 0.3 is 0 Å². The maximum atomic E-state index is 13.3. The molecular weight excluding hydrogens is 230 g/mol. The number of carbonyl (C=O) groups excluding carboxylic acids is 1. The molecule has 0 fully saturated rings. The Morgan fingerprint density at radius 1 is 1.25 bits per heavy atom. The molecule has 1 aromatic heterocycles. The molecule has 0 aliphatic heterocycles. The lowest BCUT2D eigenvalue weighted by Crippen LogP contribution is -2.06. The van der Waals surface area contributed by atoms with E-state index >= 15 is 0 Å². The summed E-state index contributed by atoms with van der Waals surface area (Å²) in [4.78, 5) is 12.8. The van der Waals surface area contributed by atoms with Crippen LogP contribution in [0, 0.1) is 18.6 Å². The maximum absolute atomic E-state index is 13.3. The Kier molecular flexibility index (Phi) is 2.83. The first-order chi connectivity index (χ1) is 7.59. The largest absolute Gasteiger partial charge is 0.288 e. The van der Waals surface area contributed by atoms with E-state index in [4.69, 9.17) is 0 Å². The SMILES string of the molecule is Cc1cc(C(=O)c2c(F)cccc2F)cs1. The zero-order valence-corrected chi connectivity index (χ0v) is 9.28. The van der Waals surface area contributed by atoms with Crippen LogP contribution in [0.25, 0.3) is 0 Å². The molecule has 0 atom stereocenters. The van der Waals surface area contributed by atoms with Crippen LogP contribution in [-0.4, -0.2) is 5.78 Å². The Balaban J connectivity index is 2.49. The van der Waals surface area contributed by atoms with Gasteiger partial charge in [-0.25, -0.2) is 8.78 Å². The van der Waals surface area contributed by atoms with Gasteiger partial charge in [0.15, 0.2) is 5.78 Å². The molecule has 1 nitrogen and oxygen atoms in total. The molecule has 0 aliphatic rings. The molecule has 0 bridgehead atoms. The minimum Gasteiger partial charge on any atom is -0.288 e. The molecule has 82 valence electrons. The summed E-state index contributed by atoms with van der Waals surface area (Å²) >= 11 is 1.37. The summed E-state index contributed by atoms with van der Waals surface area (Å²) in [6.07, 6.45) is 0. The normalized spacial score (nSPS) is 10.4. The van der Waals surface area contributed by atoms with E-state index in [1.165, 1.54) is 17.4 Å². The summed E-state index contributed by atoms with van der Waals surface area (Å²) < 4.78 is 26.7. The Morgan fingerprint density at radius 3 is 2.38 bits per heavy atom. The summed E-state index contributed by atoms with van der Waals surface area (Å²) in [5, 5.41) is 1.60. The van der Waals surface area contributed by atoms with E-state index in [2.05, 4.69) is 0 Å². The molecule has 0 saturated heterocycles. The van der Waals surface area contributed by atoms with Gasteiger partial charge in [0.1, 0.15) is 11.6 Å². The number of aryl methyl sites for hydroxylation is 1. The average Bonchev–Trinajstić information content (AvgIpc) is 2.64. The second-order valence-electron chi connectivity index (χ2n) is 3.37. The average molecular weight is 238 g/mol. The van der Waals surface area contributed by atoms with Gasteiger partial charge in [0.05, 0.1) is 5.56 Å². The fourth-order valence-corrected chi connectivity index (χ4v) is 2.10. The quantitative estimate of drug-likeness (QED) is 0.731. The van der Waals surface area contributed by atoms with Gasteiger partial charge in [0.2, 0.25) is 0 Å². The van der Waals surface area contributed by atoms with Gasteiger partial charge in [0, 0.05) is 15.8 Å². The van der Waals surface area contributed by atoms with Crippen LogP contribution in [0.4, 0.5) is 8.78 Å². The fraction of sp³-hybridized carbons (Fsp3) is 0.0833. The number of rotatable bonds is 2. The van der Waals surface area contributed by atoms with Crippen LogP contribution in [0.2, 0.25) is 0 Å². The van der Waals surface area contributed by atoms with Crippen molar-refractivity contribution in [3.8, 4) is 0 Å². The van der Waals surface area contributed by atoms with Crippen molar-refractivity contribution in [2.75, 3.05) is 0 Å². The number of hydrogen-bond acceptors (Lipinski definition) is 2. The topological polar surface area (TPSA) is 17.1 Å². The third-order valence-electron chi connectivity index (χ3n) is 2.18. The summed E-state index contributed by atoms with van der Waals surface area (Å²) in [7, 11) is 0. The highest BCUT2D eigenvalue weighted by atomic mass is 32.1. The first kappa shape index (κ1) is 11.0. The molecule has 0 spiro atoms. The van der Waals surface area contributed by atoms with Crippen LogP contribution in [0.5, 0.6) is 0 Å². The van der Waals surface area contributed by atoms with Crippen LogP contribution < -0.4 is 0 Å². The van der Waals surface area contributed by atoms with Gasteiger partial charge < -0.3 is 0 Å². The van der Waals surface area contributed by atoms with Crippen molar-refractivity contribution in [2.24, 2.45) is 0 Å². The second-order valence-corrected chi connectivity index (χ2v) is 4.49. The fourth-order valence-electron chi connectivity index (χ4n) is 1.42. The lowest BCUT2D eigenvalue weighted by Gasteiger charge is -2.01. The van der Waals surface area contributed by atoms with E-state index in [-0.39, 0.29) is 0 Å². The Hall–Kier alpha value is -1.55. The number of halogens is 2. The van der Waals surface area contributed by atoms with E-state index in [0.717, 1.165) is 17.0 Å². The summed E-state index contributed by atoms with van der Waals surface area (Å²) in [5.74, 6) is -2.26. The van der Waals surface area contributed by atoms with E-state index in [1.807, 2.05) is 6.92 Å². The highest BCUT2D eigenvalue weighted by molar-refractivity contribution is 7.10. The maximum Gasteiger partial charge on any atom is 0.199 e. The molecule has 2 rings (SSSR count). The second kappa shape index (κ2) is 4.14. The standard InChI is InChI=1S/C12H8F2OS/c1-7-5-8(6-16-7)12(15)11-9(13)3-2-4-10(11)14/h2-6H,1H3. The Labute approximate surface area is 95.4 Å². The van der Waals surface area contributed by atoms with Crippen LogP contribution >= 0.6 is 11.3 Å². The third kappa shape index (κ3) is 1.88. The Bertz CT molecular complexity index is 525. The lowest BCUT2D eigenvalue weighted by atomic mass is 10.0. The summed E-state index contributed by atoms with van der Waals surface area (Å²) in [6, 6.07) is 5.02. The zero-order chi connectivity index (χ0) is 11.7. The van der Waals surface area contributed by atoms with Crippen LogP contribution in [0.1, 0.15) is 20.8 Å². The molecule has 0 aliphatic carbocycles. The van der Waals surface area contributed by atoms with Crippen LogP contribution in [-0.2, 0) is 0 Å². The first-order valence-electron chi connectivity index (χ1n) is 4.63. The minimum atomic E-state index is -0.825. The van der Waals surface area contributed by atoms with Gasteiger partial charge in [-0.15, -0.1) is 11.3 Å². The Morgan fingerprint density at radius 2 is 1.88 bits per heavy atom. The lowest BCUT2D eigenvalue weighted by molar-refractivity contribution is 0.103. The molecule has 0 N–H and O–H groups in total. The number of benzene rings is 1. The molecule has 1 heterocycles. The molecule has 0 radical (unpaired) electrons. The van der Waals surface area contributed by atoms with Crippen LogP contribution in [0.3, 0.4) is 0 Å². The molecule has 1 aromatic carbocycles. The first-order valence-corrected chi connectivity index (χ1v) is 5.51. The number of ketones is 1. The van der Waals surface area contributed by atoms with Gasteiger partial charge in [-0.05, 0) is 25.1 Å². The van der Waals surface area contributed by atoms with Crippen molar-refractivity contribution in [1.29, 1.82) is 0 Å². The van der Waals surface area contributed by atoms with Gasteiger partial charge in [-0.2, -0.15) is 0 Å². The van der Waals surface area contributed by atoms with Crippen molar-refractivity contribution in [3.63, 3.8) is 0 Å². The number of carbonyl (C=O) groups is 1. The highest BCUT2D eigenvalue weighted by Crippen LogP contribution is 2.20. The molecular formula is C12H8F2OS. The van der Waals surface area contributed by atoms with Crippen molar-refractivity contribution < 1.29 is 13.6 Å². The van der Waals surface area contributed by atoms with E-state index in [9.17, 15) is 13.6 Å². The summed E-state index contributed by atoms with van der Waals surface area (Å²) in [6.45, 7) is 1.83. The monoisotopic (exact) mass is 238 g/mol.